The molecule has 1 N–H and O–H groups in total. The zero-order valence-electron chi connectivity index (χ0n) is 14.8. The van der Waals surface area contributed by atoms with E-state index in [2.05, 4.69) is 17.5 Å². The minimum absolute atomic E-state index is 0.121. The molecule has 6 heteroatoms. The second-order valence-corrected chi connectivity index (χ2v) is 7.25. The van der Waals surface area contributed by atoms with Crippen LogP contribution in [0.15, 0.2) is 36.4 Å². The smallest absolute Gasteiger partial charge is 0.247 e. The number of carbonyl (C=O) groups is 3. The number of para-hydroxylation sites is 2. The van der Waals surface area contributed by atoms with E-state index in [0.29, 0.717) is 11.4 Å². The lowest BCUT2D eigenvalue weighted by molar-refractivity contribution is -0.146. The number of fused-ring (bicyclic) bond motifs is 1. The summed E-state index contributed by atoms with van der Waals surface area (Å²) in [4.78, 5) is 39.7. The molecule has 3 aliphatic carbocycles. The maximum absolute atomic E-state index is 12.9. The van der Waals surface area contributed by atoms with Crippen LogP contribution >= 0.6 is 0 Å². The van der Waals surface area contributed by atoms with Gasteiger partial charge in [-0.05, 0) is 43.7 Å². The summed E-state index contributed by atoms with van der Waals surface area (Å²) < 4.78 is 5.24. The minimum atomic E-state index is -0.857. The molecule has 0 aromatic heterocycles. The highest BCUT2D eigenvalue weighted by Gasteiger charge is 2.58. The standard InChI is InChI=1S/C20H22N2O4/c1-11(18(23)21-14-5-3-4-6-15(14)26-2)22-19(24)16-12-7-8-13(10-9-12)17(16)20(22)25/h3-8,11-13,16-17H,9-10H2,1-2H3,(H,21,23)/t11-,12-,13-,16+,17+/m0/s1. The number of carbonyl (C=O) groups excluding carboxylic acids is 3. The highest BCUT2D eigenvalue weighted by Crippen LogP contribution is 2.50. The molecule has 1 saturated carbocycles. The summed E-state index contributed by atoms with van der Waals surface area (Å²) in [6.07, 6.45) is 6.03. The van der Waals surface area contributed by atoms with Gasteiger partial charge in [-0.25, -0.2) is 0 Å². The predicted octanol–water partition coefficient (Wildman–Crippen LogP) is 2.22. The number of imide groups is 1. The van der Waals surface area contributed by atoms with Crippen molar-refractivity contribution in [2.45, 2.75) is 25.8 Å². The first-order valence-corrected chi connectivity index (χ1v) is 9.02. The molecule has 5 rings (SSSR count). The van der Waals surface area contributed by atoms with Crippen molar-refractivity contribution >= 4 is 23.4 Å². The molecule has 1 aromatic rings. The van der Waals surface area contributed by atoms with E-state index in [4.69, 9.17) is 4.74 Å². The zero-order valence-corrected chi connectivity index (χ0v) is 14.8. The number of ether oxygens (including phenoxy) is 1. The molecule has 2 fully saturated rings. The average molecular weight is 354 g/mol. The number of hydrogen-bond donors (Lipinski definition) is 1. The summed E-state index contributed by atoms with van der Waals surface area (Å²) in [5.74, 6) is -0.631. The van der Waals surface area contributed by atoms with Crippen LogP contribution in [0.4, 0.5) is 5.69 Å². The largest absolute Gasteiger partial charge is 0.495 e. The van der Waals surface area contributed by atoms with Crippen molar-refractivity contribution in [2.24, 2.45) is 23.7 Å². The average Bonchev–Trinajstić information content (AvgIpc) is 2.95. The van der Waals surface area contributed by atoms with Gasteiger partial charge in [0.15, 0.2) is 0 Å². The molecule has 136 valence electrons. The lowest BCUT2D eigenvalue weighted by Gasteiger charge is -2.38. The first kappa shape index (κ1) is 16.8. The molecule has 0 spiro atoms. The molecule has 3 amide bonds. The molecule has 2 bridgehead atoms. The number of methoxy groups -OCH3 is 1. The van der Waals surface area contributed by atoms with Crippen molar-refractivity contribution < 1.29 is 19.1 Å². The molecule has 0 radical (unpaired) electrons. The monoisotopic (exact) mass is 354 g/mol. The summed E-state index contributed by atoms with van der Waals surface area (Å²) >= 11 is 0. The lowest BCUT2D eigenvalue weighted by atomic mass is 9.63. The number of allylic oxidation sites excluding steroid dienone is 2. The van der Waals surface area contributed by atoms with Gasteiger partial charge in [0.05, 0.1) is 24.6 Å². The van der Waals surface area contributed by atoms with Gasteiger partial charge in [0.2, 0.25) is 17.7 Å². The van der Waals surface area contributed by atoms with Crippen molar-refractivity contribution in [1.29, 1.82) is 0 Å². The Morgan fingerprint density at radius 3 is 2.23 bits per heavy atom. The van der Waals surface area contributed by atoms with Gasteiger partial charge >= 0.3 is 0 Å². The Bertz CT molecular complexity index is 771. The third-order valence-electron chi connectivity index (χ3n) is 5.93. The molecule has 1 aliphatic heterocycles. The summed E-state index contributed by atoms with van der Waals surface area (Å²) in [6, 6.07) is 6.20. The maximum Gasteiger partial charge on any atom is 0.247 e. The van der Waals surface area contributed by atoms with Crippen LogP contribution in [0.3, 0.4) is 0 Å². The molecule has 26 heavy (non-hydrogen) atoms. The van der Waals surface area contributed by atoms with Crippen LogP contribution < -0.4 is 10.1 Å². The van der Waals surface area contributed by atoms with Gasteiger partial charge in [-0.3, -0.25) is 19.3 Å². The van der Waals surface area contributed by atoms with E-state index in [-0.39, 0.29) is 35.5 Å². The van der Waals surface area contributed by atoms with Crippen LogP contribution in [0.25, 0.3) is 0 Å². The fourth-order valence-corrected chi connectivity index (χ4v) is 4.58. The maximum atomic E-state index is 12.9. The van der Waals surface area contributed by atoms with Crippen LogP contribution in [0, 0.1) is 23.7 Å². The van der Waals surface area contributed by atoms with Crippen molar-refractivity contribution in [2.75, 3.05) is 12.4 Å². The van der Waals surface area contributed by atoms with Crippen molar-refractivity contribution in [3.63, 3.8) is 0 Å². The number of likely N-dealkylation sites (tertiary alicyclic amines) is 1. The third kappa shape index (κ3) is 2.43. The van der Waals surface area contributed by atoms with Crippen LogP contribution in [0.5, 0.6) is 5.75 Å². The Labute approximate surface area is 152 Å². The van der Waals surface area contributed by atoms with Gasteiger partial charge < -0.3 is 10.1 Å². The highest BCUT2D eigenvalue weighted by atomic mass is 16.5. The number of rotatable bonds is 4. The highest BCUT2D eigenvalue weighted by molar-refractivity contribution is 6.10. The van der Waals surface area contributed by atoms with E-state index in [1.54, 1.807) is 31.2 Å². The Kier molecular flexibility index (Phi) is 4.05. The van der Waals surface area contributed by atoms with E-state index in [1.165, 1.54) is 12.0 Å². The van der Waals surface area contributed by atoms with Crippen molar-refractivity contribution in [3.8, 4) is 5.75 Å². The van der Waals surface area contributed by atoms with E-state index in [1.807, 2.05) is 0 Å². The Morgan fingerprint density at radius 2 is 1.69 bits per heavy atom. The van der Waals surface area contributed by atoms with Crippen LogP contribution in [0.2, 0.25) is 0 Å². The molecule has 5 atom stereocenters. The second kappa shape index (κ2) is 6.27. The van der Waals surface area contributed by atoms with Gasteiger partial charge in [-0.15, -0.1) is 0 Å². The van der Waals surface area contributed by atoms with Crippen LogP contribution in [-0.4, -0.2) is 35.8 Å². The molecule has 0 unspecified atom stereocenters. The van der Waals surface area contributed by atoms with Gasteiger partial charge in [-0.2, -0.15) is 0 Å². The quantitative estimate of drug-likeness (QED) is 0.664. The Balaban J connectivity index is 1.55. The summed E-state index contributed by atoms with van der Waals surface area (Å²) in [7, 11) is 1.52. The third-order valence-corrected chi connectivity index (χ3v) is 5.93. The van der Waals surface area contributed by atoms with Gasteiger partial charge in [0.25, 0.3) is 0 Å². The molecular weight excluding hydrogens is 332 g/mol. The number of benzene rings is 1. The SMILES string of the molecule is COc1ccccc1NC(=O)[C@H](C)N1C(=O)[C@H]2[C@H](C1=O)[C@H]1C=C[C@H]2CC1. The number of anilines is 1. The van der Waals surface area contributed by atoms with Gasteiger partial charge in [-0.1, -0.05) is 24.3 Å². The topological polar surface area (TPSA) is 75.7 Å². The van der Waals surface area contributed by atoms with Gasteiger partial charge in [0, 0.05) is 0 Å². The number of hydrogen-bond acceptors (Lipinski definition) is 4. The van der Waals surface area contributed by atoms with E-state index < -0.39 is 11.9 Å². The first-order valence-electron chi connectivity index (χ1n) is 9.02. The minimum Gasteiger partial charge on any atom is -0.495 e. The fourth-order valence-electron chi connectivity index (χ4n) is 4.58. The molecule has 1 aromatic carbocycles. The predicted molar refractivity (Wildman–Crippen MR) is 95.3 cm³/mol. The Hall–Kier alpha value is -2.63. The Morgan fingerprint density at radius 1 is 1.12 bits per heavy atom. The second-order valence-electron chi connectivity index (χ2n) is 7.25. The van der Waals surface area contributed by atoms with Crippen LogP contribution in [-0.2, 0) is 14.4 Å². The molecular formula is C20H22N2O4. The zero-order chi connectivity index (χ0) is 18.4. The van der Waals surface area contributed by atoms with E-state index in [0.717, 1.165) is 12.8 Å². The number of nitrogens with one attached hydrogen (secondary N) is 1. The fraction of sp³-hybridized carbons (Fsp3) is 0.450. The normalized spacial score (nSPS) is 30.3. The molecule has 1 heterocycles. The molecule has 1 saturated heterocycles. The molecule has 4 aliphatic rings. The number of nitrogens with zero attached hydrogens (tertiary/aromatic N) is 1. The summed E-state index contributed by atoms with van der Waals surface area (Å²) in [5.41, 5.74) is 0.519. The summed E-state index contributed by atoms with van der Waals surface area (Å²) in [6.45, 7) is 1.60. The molecule has 6 nitrogen and oxygen atoms in total. The van der Waals surface area contributed by atoms with Crippen molar-refractivity contribution in [3.05, 3.63) is 36.4 Å². The lowest BCUT2D eigenvalue weighted by Crippen LogP contribution is -2.46. The number of amides is 3. The van der Waals surface area contributed by atoms with E-state index in [9.17, 15) is 14.4 Å². The van der Waals surface area contributed by atoms with Crippen molar-refractivity contribution in [1.82, 2.24) is 4.90 Å². The van der Waals surface area contributed by atoms with Gasteiger partial charge in [0.1, 0.15) is 11.8 Å². The summed E-state index contributed by atoms with van der Waals surface area (Å²) in [5, 5.41) is 2.77. The first-order chi connectivity index (χ1) is 12.5. The van der Waals surface area contributed by atoms with E-state index >= 15 is 0 Å². The van der Waals surface area contributed by atoms with Crippen LogP contribution in [0.1, 0.15) is 19.8 Å².